The molecule has 3 rings (SSSR count). The van der Waals surface area contributed by atoms with Gasteiger partial charge in [-0.2, -0.15) is 0 Å². The Balaban J connectivity index is 1.68. The van der Waals surface area contributed by atoms with Crippen molar-refractivity contribution in [1.29, 1.82) is 0 Å². The molecule has 0 bridgehead atoms. The Labute approximate surface area is 148 Å². The van der Waals surface area contributed by atoms with Crippen LogP contribution < -0.4 is 4.90 Å². The van der Waals surface area contributed by atoms with Gasteiger partial charge in [0.25, 0.3) is 5.91 Å². The number of rotatable bonds is 3. The minimum absolute atomic E-state index is 0.198. The number of hydrogen-bond acceptors (Lipinski definition) is 3. The maximum Gasteiger partial charge on any atom is 0.264 e. The number of aryl methyl sites for hydroxylation is 3. The largest absolute Gasteiger partial charge is 0.368 e. The second-order valence-corrected chi connectivity index (χ2v) is 7.71. The van der Waals surface area contributed by atoms with Crippen LogP contribution in [0.3, 0.4) is 0 Å². The first-order valence-corrected chi connectivity index (χ1v) is 9.52. The average Bonchev–Trinajstić information content (AvgIpc) is 2.98. The molecule has 0 unspecified atom stereocenters. The highest BCUT2D eigenvalue weighted by Crippen LogP contribution is 2.26. The minimum Gasteiger partial charge on any atom is -0.368 e. The first kappa shape index (κ1) is 17.0. The van der Waals surface area contributed by atoms with Crippen LogP contribution in [0.1, 0.15) is 38.2 Å². The van der Waals surface area contributed by atoms with Crippen molar-refractivity contribution in [3.63, 3.8) is 0 Å². The number of anilines is 1. The van der Waals surface area contributed by atoms with Crippen LogP contribution in [0.4, 0.5) is 5.69 Å². The molecule has 3 nitrogen and oxygen atoms in total. The second-order valence-electron chi connectivity index (χ2n) is 6.57. The highest BCUT2D eigenvalue weighted by atomic mass is 32.1. The standard InChI is InChI=1S/C20H26N2OS/c1-5-18-15(3)13-19(24-18)20(23)22-11-9-21(10-12-22)17-8-6-7-14(2)16(17)4/h6-8,13H,5,9-12H2,1-4H3. The van der Waals surface area contributed by atoms with E-state index < -0.39 is 0 Å². The zero-order chi connectivity index (χ0) is 17.3. The molecular formula is C20H26N2OS. The van der Waals surface area contributed by atoms with E-state index in [1.54, 1.807) is 11.3 Å². The molecule has 1 aromatic heterocycles. The van der Waals surface area contributed by atoms with Crippen LogP contribution in [0, 0.1) is 20.8 Å². The third-order valence-corrected chi connectivity index (χ3v) is 6.41. The maximum absolute atomic E-state index is 12.8. The van der Waals surface area contributed by atoms with E-state index in [1.807, 2.05) is 4.90 Å². The van der Waals surface area contributed by atoms with Gasteiger partial charge in [0, 0.05) is 36.7 Å². The fourth-order valence-corrected chi connectivity index (χ4v) is 4.44. The Kier molecular flexibility index (Phi) is 4.95. The molecule has 2 aromatic rings. The molecule has 1 fully saturated rings. The first-order valence-electron chi connectivity index (χ1n) is 8.71. The van der Waals surface area contributed by atoms with Gasteiger partial charge >= 0.3 is 0 Å². The average molecular weight is 343 g/mol. The van der Waals surface area contributed by atoms with Gasteiger partial charge in [-0.1, -0.05) is 19.1 Å². The molecule has 0 aliphatic carbocycles. The number of nitrogens with zero attached hydrogens (tertiary/aromatic N) is 2. The Hall–Kier alpha value is -1.81. The predicted octanol–water partition coefficient (Wildman–Crippen LogP) is 4.20. The highest BCUT2D eigenvalue weighted by Gasteiger charge is 2.24. The van der Waals surface area contributed by atoms with Gasteiger partial charge in [-0.25, -0.2) is 0 Å². The molecule has 24 heavy (non-hydrogen) atoms. The normalized spacial score (nSPS) is 15.0. The summed E-state index contributed by atoms with van der Waals surface area (Å²) in [6.45, 7) is 12.0. The van der Waals surface area contributed by atoms with Crippen molar-refractivity contribution in [2.45, 2.75) is 34.1 Å². The van der Waals surface area contributed by atoms with E-state index >= 15 is 0 Å². The topological polar surface area (TPSA) is 23.6 Å². The molecule has 2 heterocycles. The molecule has 0 saturated carbocycles. The van der Waals surface area contributed by atoms with Gasteiger partial charge in [0.05, 0.1) is 4.88 Å². The van der Waals surface area contributed by atoms with Crippen LogP contribution >= 0.6 is 11.3 Å². The van der Waals surface area contributed by atoms with E-state index in [9.17, 15) is 4.79 Å². The molecule has 0 N–H and O–H groups in total. The summed E-state index contributed by atoms with van der Waals surface area (Å²) in [7, 11) is 0. The Morgan fingerprint density at radius 2 is 1.79 bits per heavy atom. The molecule has 4 heteroatoms. The Morgan fingerprint density at radius 1 is 1.08 bits per heavy atom. The van der Waals surface area contributed by atoms with Gasteiger partial charge in [0.1, 0.15) is 0 Å². The van der Waals surface area contributed by atoms with E-state index in [4.69, 9.17) is 0 Å². The third-order valence-electron chi connectivity index (χ3n) is 5.04. The first-order chi connectivity index (χ1) is 11.5. The van der Waals surface area contributed by atoms with Crippen LogP contribution in [-0.4, -0.2) is 37.0 Å². The zero-order valence-corrected chi connectivity index (χ0v) is 15.9. The molecule has 1 aromatic carbocycles. The van der Waals surface area contributed by atoms with E-state index in [1.165, 1.54) is 27.3 Å². The van der Waals surface area contributed by atoms with Crippen molar-refractivity contribution in [3.05, 3.63) is 50.7 Å². The number of thiophene rings is 1. The van der Waals surface area contributed by atoms with Crippen molar-refractivity contribution >= 4 is 22.9 Å². The van der Waals surface area contributed by atoms with Crippen molar-refractivity contribution in [2.75, 3.05) is 31.1 Å². The van der Waals surface area contributed by atoms with Gasteiger partial charge in [-0.3, -0.25) is 4.79 Å². The fourth-order valence-electron chi connectivity index (χ4n) is 3.36. The lowest BCUT2D eigenvalue weighted by atomic mass is 10.1. The molecule has 0 spiro atoms. The van der Waals surface area contributed by atoms with Crippen LogP contribution in [-0.2, 0) is 6.42 Å². The summed E-state index contributed by atoms with van der Waals surface area (Å²) in [5.41, 5.74) is 5.23. The number of piperazine rings is 1. The fraction of sp³-hybridized carbons (Fsp3) is 0.450. The van der Waals surface area contributed by atoms with Crippen LogP contribution in [0.25, 0.3) is 0 Å². The summed E-state index contributed by atoms with van der Waals surface area (Å²) in [6, 6.07) is 8.53. The monoisotopic (exact) mass is 342 g/mol. The summed E-state index contributed by atoms with van der Waals surface area (Å²) >= 11 is 1.66. The maximum atomic E-state index is 12.8. The van der Waals surface area contributed by atoms with Crippen LogP contribution in [0.5, 0.6) is 0 Å². The molecule has 1 saturated heterocycles. The number of benzene rings is 1. The lowest BCUT2D eigenvalue weighted by molar-refractivity contribution is 0.0751. The number of carbonyl (C=O) groups is 1. The zero-order valence-electron chi connectivity index (χ0n) is 15.1. The summed E-state index contributed by atoms with van der Waals surface area (Å²) in [5, 5.41) is 0. The van der Waals surface area contributed by atoms with Crippen molar-refractivity contribution in [1.82, 2.24) is 4.90 Å². The van der Waals surface area contributed by atoms with Crippen molar-refractivity contribution in [3.8, 4) is 0 Å². The van der Waals surface area contributed by atoms with Crippen molar-refractivity contribution < 1.29 is 4.79 Å². The smallest absolute Gasteiger partial charge is 0.264 e. The predicted molar refractivity (Wildman–Crippen MR) is 102 cm³/mol. The summed E-state index contributed by atoms with van der Waals surface area (Å²) in [4.78, 5) is 19.4. The van der Waals surface area contributed by atoms with Gasteiger partial charge in [-0.05, 0) is 56.0 Å². The molecule has 1 amide bonds. The van der Waals surface area contributed by atoms with E-state index in [0.29, 0.717) is 0 Å². The number of amides is 1. The lowest BCUT2D eigenvalue weighted by Crippen LogP contribution is -2.48. The second kappa shape index (κ2) is 6.98. The summed E-state index contributed by atoms with van der Waals surface area (Å²) in [6.07, 6.45) is 1.00. The SMILES string of the molecule is CCc1sc(C(=O)N2CCN(c3cccc(C)c3C)CC2)cc1C. The van der Waals surface area contributed by atoms with Gasteiger partial charge in [-0.15, -0.1) is 11.3 Å². The summed E-state index contributed by atoms with van der Waals surface area (Å²) in [5.74, 6) is 0.198. The van der Waals surface area contributed by atoms with Crippen molar-refractivity contribution in [2.24, 2.45) is 0 Å². The Bertz CT molecular complexity index is 742. The van der Waals surface area contributed by atoms with E-state index in [-0.39, 0.29) is 5.91 Å². The van der Waals surface area contributed by atoms with Crippen LogP contribution in [0.15, 0.2) is 24.3 Å². The molecule has 0 radical (unpaired) electrons. The van der Waals surface area contributed by atoms with Crippen LogP contribution in [0.2, 0.25) is 0 Å². The van der Waals surface area contributed by atoms with Gasteiger partial charge in [0.15, 0.2) is 0 Å². The molecule has 0 atom stereocenters. The van der Waals surface area contributed by atoms with E-state index in [0.717, 1.165) is 37.5 Å². The Morgan fingerprint density at radius 3 is 2.42 bits per heavy atom. The molecule has 128 valence electrons. The van der Waals surface area contributed by atoms with E-state index in [2.05, 4.69) is 56.9 Å². The van der Waals surface area contributed by atoms with Gasteiger partial charge in [0.2, 0.25) is 0 Å². The molecule has 1 aliphatic rings. The number of hydrogen-bond donors (Lipinski definition) is 0. The molecule has 1 aliphatic heterocycles. The third kappa shape index (κ3) is 3.20. The molecular weight excluding hydrogens is 316 g/mol. The lowest BCUT2D eigenvalue weighted by Gasteiger charge is -2.37. The van der Waals surface area contributed by atoms with Gasteiger partial charge < -0.3 is 9.80 Å². The number of carbonyl (C=O) groups excluding carboxylic acids is 1. The minimum atomic E-state index is 0.198. The quantitative estimate of drug-likeness (QED) is 0.835. The summed E-state index contributed by atoms with van der Waals surface area (Å²) < 4.78 is 0. The highest BCUT2D eigenvalue weighted by molar-refractivity contribution is 7.14.